The highest BCUT2D eigenvalue weighted by Crippen LogP contribution is 2.12. The van der Waals surface area contributed by atoms with Crippen LogP contribution in [0.5, 0.6) is 0 Å². The number of hydrogen-bond acceptors (Lipinski definition) is 2. The first-order valence-electron chi connectivity index (χ1n) is 8.50. The average molecular weight is 279 g/mol. The highest BCUT2D eigenvalue weighted by molar-refractivity contribution is 4.92. The van der Waals surface area contributed by atoms with Crippen molar-refractivity contribution in [2.24, 2.45) is 11.8 Å². The van der Waals surface area contributed by atoms with E-state index in [2.05, 4.69) is 44.2 Å². The van der Waals surface area contributed by atoms with Crippen molar-refractivity contribution in [1.29, 1.82) is 0 Å². The summed E-state index contributed by atoms with van der Waals surface area (Å²) in [5, 5.41) is 8.51. The first-order chi connectivity index (χ1) is 9.61. The van der Waals surface area contributed by atoms with Crippen LogP contribution in [-0.4, -0.2) is 15.0 Å². The van der Waals surface area contributed by atoms with Gasteiger partial charge in [0.05, 0.1) is 5.69 Å². The molecule has 1 rings (SSSR count). The first kappa shape index (κ1) is 17.2. The molecule has 0 aliphatic rings. The zero-order valence-corrected chi connectivity index (χ0v) is 13.9. The van der Waals surface area contributed by atoms with Gasteiger partial charge in [-0.15, -0.1) is 5.10 Å². The third-order valence-corrected chi connectivity index (χ3v) is 4.08. The summed E-state index contributed by atoms with van der Waals surface area (Å²) >= 11 is 0. The maximum atomic E-state index is 4.28. The molecule has 3 nitrogen and oxygen atoms in total. The topological polar surface area (TPSA) is 30.7 Å². The lowest BCUT2D eigenvalue weighted by molar-refractivity contribution is 0.455. The van der Waals surface area contributed by atoms with Gasteiger partial charge in [0, 0.05) is 12.7 Å². The quantitative estimate of drug-likeness (QED) is 0.541. The minimum absolute atomic E-state index is 0.816. The van der Waals surface area contributed by atoms with Crippen LogP contribution in [0.2, 0.25) is 0 Å². The first-order valence-corrected chi connectivity index (χ1v) is 8.50. The van der Waals surface area contributed by atoms with Crippen molar-refractivity contribution in [1.82, 2.24) is 15.0 Å². The smallest absolute Gasteiger partial charge is 0.0827 e. The van der Waals surface area contributed by atoms with E-state index in [-0.39, 0.29) is 0 Å². The van der Waals surface area contributed by atoms with Crippen molar-refractivity contribution in [3.05, 3.63) is 11.9 Å². The lowest BCUT2D eigenvalue weighted by Crippen LogP contribution is -2.00. The van der Waals surface area contributed by atoms with Crippen molar-refractivity contribution in [2.75, 3.05) is 0 Å². The summed E-state index contributed by atoms with van der Waals surface area (Å²) in [6, 6.07) is 0. The Kier molecular flexibility index (Phi) is 8.56. The lowest BCUT2D eigenvalue weighted by atomic mass is 10.0. The van der Waals surface area contributed by atoms with Gasteiger partial charge < -0.3 is 0 Å². The molecule has 0 aliphatic heterocycles. The standard InChI is InChI=1S/C17H33N3/c1-5-16(4)11-8-9-13-20-14-17(18-19-20)12-7-6-10-15(2)3/h14-16H,5-13H2,1-4H3. The fraction of sp³-hybridized carbons (Fsp3) is 0.882. The van der Waals surface area contributed by atoms with Gasteiger partial charge in [-0.1, -0.05) is 65.0 Å². The Morgan fingerprint density at radius 3 is 2.50 bits per heavy atom. The number of rotatable bonds is 11. The van der Waals surface area contributed by atoms with Crippen molar-refractivity contribution < 1.29 is 0 Å². The number of aryl methyl sites for hydroxylation is 2. The van der Waals surface area contributed by atoms with Crippen LogP contribution in [0.25, 0.3) is 0 Å². The minimum Gasteiger partial charge on any atom is -0.252 e. The van der Waals surface area contributed by atoms with E-state index >= 15 is 0 Å². The van der Waals surface area contributed by atoms with Crippen LogP contribution in [0.1, 0.15) is 78.3 Å². The molecule has 116 valence electrons. The van der Waals surface area contributed by atoms with Crippen molar-refractivity contribution >= 4 is 0 Å². The summed E-state index contributed by atoms with van der Waals surface area (Å²) in [6.07, 6.45) is 12.3. The number of hydrogen-bond donors (Lipinski definition) is 0. The molecule has 0 spiro atoms. The van der Waals surface area contributed by atoms with Crippen molar-refractivity contribution in [3.8, 4) is 0 Å². The van der Waals surface area contributed by atoms with Gasteiger partial charge >= 0.3 is 0 Å². The molecule has 3 heteroatoms. The number of unbranched alkanes of at least 4 members (excludes halogenated alkanes) is 2. The second-order valence-electron chi connectivity index (χ2n) is 6.62. The Hall–Kier alpha value is -0.860. The maximum absolute atomic E-state index is 4.28. The Morgan fingerprint density at radius 1 is 1.05 bits per heavy atom. The zero-order valence-electron chi connectivity index (χ0n) is 13.9. The molecule has 1 aromatic heterocycles. The molecule has 20 heavy (non-hydrogen) atoms. The average Bonchev–Trinajstić information content (AvgIpc) is 2.87. The molecule has 0 aliphatic carbocycles. The van der Waals surface area contributed by atoms with E-state index < -0.39 is 0 Å². The molecule has 0 radical (unpaired) electrons. The van der Waals surface area contributed by atoms with Crippen LogP contribution in [0.4, 0.5) is 0 Å². The molecule has 0 bridgehead atoms. The molecule has 1 atom stereocenters. The summed E-state index contributed by atoms with van der Waals surface area (Å²) in [7, 11) is 0. The van der Waals surface area contributed by atoms with Crippen LogP contribution >= 0.6 is 0 Å². The van der Waals surface area contributed by atoms with Gasteiger partial charge in [0.2, 0.25) is 0 Å². The predicted molar refractivity (Wildman–Crippen MR) is 85.7 cm³/mol. The molecular weight excluding hydrogens is 246 g/mol. The Balaban J connectivity index is 2.13. The van der Waals surface area contributed by atoms with Crippen LogP contribution in [-0.2, 0) is 13.0 Å². The fourth-order valence-corrected chi connectivity index (χ4v) is 2.39. The third kappa shape index (κ3) is 7.66. The van der Waals surface area contributed by atoms with Crippen LogP contribution < -0.4 is 0 Å². The van der Waals surface area contributed by atoms with Gasteiger partial charge in [-0.05, 0) is 31.1 Å². The van der Waals surface area contributed by atoms with Crippen LogP contribution in [0.15, 0.2) is 6.20 Å². The molecule has 0 N–H and O–H groups in total. The molecule has 0 fully saturated rings. The van der Waals surface area contributed by atoms with E-state index in [4.69, 9.17) is 0 Å². The molecular formula is C17H33N3. The Morgan fingerprint density at radius 2 is 1.80 bits per heavy atom. The summed E-state index contributed by atoms with van der Waals surface area (Å²) < 4.78 is 2.02. The summed E-state index contributed by atoms with van der Waals surface area (Å²) in [6.45, 7) is 10.2. The monoisotopic (exact) mass is 279 g/mol. The number of aromatic nitrogens is 3. The van der Waals surface area contributed by atoms with Gasteiger partial charge in [-0.3, -0.25) is 4.68 Å². The second kappa shape index (κ2) is 9.95. The van der Waals surface area contributed by atoms with E-state index in [9.17, 15) is 0 Å². The van der Waals surface area contributed by atoms with Crippen LogP contribution in [0.3, 0.4) is 0 Å². The van der Waals surface area contributed by atoms with Crippen LogP contribution in [0, 0.1) is 11.8 Å². The predicted octanol–water partition coefficient (Wildman–Crippen LogP) is 4.86. The second-order valence-corrected chi connectivity index (χ2v) is 6.62. The van der Waals surface area contributed by atoms with Gasteiger partial charge in [0.25, 0.3) is 0 Å². The van der Waals surface area contributed by atoms with E-state index in [1.165, 1.54) is 44.9 Å². The molecule has 0 saturated heterocycles. The Labute approximate surface area is 125 Å². The maximum Gasteiger partial charge on any atom is 0.0827 e. The Bertz CT molecular complexity index is 344. The summed E-state index contributed by atoms with van der Waals surface area (Å²) in [4.78, 5) is 0. The number of nitrogens with zero attached hydrogens (tertiary/aromatic N) is 3. The van der Waals surface area contributed by atoms with Gasteiger partial charge in [-0.2, -0.15) is 0 Å². The molecule has 0 amide bonds. The fourth-order valence-electron chi connectivity index (χ4n) is 2.39. The molecule has 0 aromatic carbocycles. The van der Waals surface area contributed by atoms with E-state index in [0.29, 0.717) is 0 Å². The molecule has 1 heterocycles. The van der Waals surface area contributed by atoms with Crippen molar-refractivity contribution in [2.45, 2.75) is 85.6 Å². The summed E-state index contributed by atoms with van der Waals surface area (Å²) in [5.41, 5.74) is 1.16. The molecule has 1 unspecified atom stereocenters. The van der Waals surface area contributed by atoms with E-state index in [1.807, 2.05) is 4.68 Å². The van der Waals surface area contributed by atoms with Crippen molar-refractivity contribution in [3.63, 3.8) is 0 Å². The normalized spacial score (nSPS) is 13.1. The third-order valence-electron chi connectivity index (χ3n) is 4.08. The highest BCUT2D eigenvalue weighted by Gasteiger charge is 2.03. The minimum atomic E-state index is 0.816. The van der Waals surface area contributed by atoms with Gasteiger partial charge in [0.15, 0.2) is 0 Å². The highest BCUT2D eigenvalue weighted by atomic mass is 15.4. The zero-order chi connectivity index (χ0) is 14.8. The molecule has 1 aromatic rings. The summed E-state index contributed by atoms with van der Waals surface area (Å²) in [5.74, 6) is 1.68. The van der Waals surface area contributed by atoms with Gasteiger partial charge in [0.1, 0.15) is 0 Å². The largest absolute Gasteiger partial charge is 0.252 e. The van der Waals surface area contributed by atoms with E-state index in [0.717, 1.165) is 30.5 Å². The lowest BCUT2D eigenvalue weighted by Gasteiger charge is -2.07. The molecule has 0 saturated carbocycles. The SMILES string of the molecule is CCC(C)CCCCn1cc(CCCCC(C)C)nn1. The van der Waals surface area contributed by atoms with E-state index in [1.54, 1.807) is 0 Å². The van der Waals surface area contributed by atoms with Gasteiger partial charge in [-0.25, -0.2) is 0 Å².